The first-order chi connectivity index (χ1) is 12.9. The first-order valence-electron chi connectivity index (χ1n) is 9.61. The summed E-state index contributed by atoms with van der Waals surface area (Å²) in [5.41, 5.74) is 3.70. The normalized spacial score (nSPS) is 16.5. The van der Waals surface area contributed by atoms with Crippen LogP contribution in [0.15, 0.2) is 24.3 Å². The molecule has 1 N–H and O–H groups in total. The van der Waals surface area contributed by atoms with Crippen molar-refractivity contribution in [2.45, 2.75) is 52.4 Å². The molecule has 1 unspecified atom stereocenters. The van der Waals surface area contributed by atoms with Crippen LogP contribution < -0.4 is 0 Å². The fraction of sp³-hybridized carbons (Fsp3) is 0.455. The summed E-state index contributed by atoms with van der Waals surface area (Å²) in [6, 6.07) is 7.62. The van der Waals surface area contributed by atoms with Gasteiger partial charge in [-0.1, -0.05) is 50.4 Å². The number of ketones is 1. The summed E-state index contributed by atoms with van der Waals surface area (Å²) >= 11 is 5.97. The van der Waals surface area contributed by atoms with Crippen molar-refractivity contribution in [2.75, 3.05) is 6.61 Å². The Bertz CT molecular complexity index is 834. The van der Waals surface area contributed by atoms with Gasteiger partial charge in [0.1, 0.15) is 5.69 Å². The lowest BCUT2D eigenvalue weighted by Gasteiger charge is -2.22. The zero-order valence-corrected chi connectivity index (χ0v) is 16.9. The van der Waals surface area contributed by atoms with Crippen molar-refractivity contribution < 1.29 is 14.3 Å². The molecule has 0 amide bonds. The largest absolute Gasteiger partial charge is 0.461 e. The molecule has 1 aromatic heterocycles. The Kier molecular flexibility index (Phi) is 6.05. The van der Waals surface area contributed by atoms with Gasteiger partial charge >= 0.3 is 5.97 Å². The molecule has 0 fully saturated rings. The highest BCUT2D eigenvalue weighted by atomic mass is 35.5. The van der Waals surface area contributed by atoms with Crippen molar-refractivity contribution >= 4 is 23.4 Å². The van der Waals surface area contributed by atoms with E-state index >= 15 is 0 Å². The molecule has 144 valence electrons. The van der Waals surface area contributed by atoms with Crippen molar-refractivity contribution in [3.8, 4) is 0 Å². The predicted octanol–water partition coefficient (Wildman–Crippen LogP) is 5.48. The van der Waals surface area contributed by atoms with E-state index in [-0.39, 0.29) is 17.7 Å². The number of ether oxygens (including phenoxy) is 1. The summed E-state index contributed by atoms with van der Waals surface area (Å²) in [6.07, 6.45) is 3.09. The van der Waals surface area contributed by atoms with Crippen molar-refractivity contribution in [1.82, 2.24) is 4.98 Å². The molecule has 5 heteroatoms. The first kappa shape index (κ1) is 19.7. The summed E-state index contributed by atoms with van der Waals surface area (Å²) in [6.45, 7) is 6.42. The van der Waals surface area contributed by atoms with E-state index in [2.05, 4.69) is 18.8 Å². The maximum Gasteiger partial charge on any atom is 0.355 e. The zero-order valence-electron chi connectivity index (χ0n) is 16.1. The quantitative estimate of drug-likeness (QED) is 0.667. The topological polar surface area (TPSA) is 59.2 Å². The van der Waals surface area contributed by atoms with Gasteiger partial charge in [0.25, 0.3) is 0 Å². The first-order valence-corrected chi connectivity index (χ1v) is 9.99. The van der Waals surface area contributed by atoms with E-state index in [0.717, 1.165) is 24.1 Å². The summed E-state index contributed by atoms with van der Waals surface area (Å²) in [5, 5.41) is 0.680. The highest BCUT2D eigenvalue weighted by Gasteiger charge is 2.32. The Balaban J connectivity index is 1.80. The number of aromatic amines is 1. The second-order valence-electron chi connectivity index (χ2n) is 7.34. The predicted molar refractivity (Wildman–Crippen MR) is 107 cm³/mol. The molecule has 4 nitrogen and oxygen atoms in total. The van der Waals surface area contributed by atoms with Gasteiger partial charge < -0.3 is 9.72 Å². The molecule has 1 aliphatic carbocycles. The second-order valence-corrected chi connectivity index (χ2v) is 7.78. The third kappa shape index (κ3) is 4.11. The lowest BCUT2D eigenvalue weighted by Crippen LogP contribution is -2.18. The molecule has 0 aliphatic heterocycles. The minimum atomic E-state index is -0.371. The van der Waals surface area contributed by atoms with Crippen LogP contribution >= 0.6 is 11.6 Å². The molecule has 0 spiro atoms. The van der Waals surface area contributed by atoms with Crippen LogP contribution in [0.4, 0.5) is 0 Å². The number of fused-ring (bicyclic) bond motifs is 1. The van der Waals surface area contributed by atoms with Crippen molar-refractivity contribution in [3.63, 3.8) is 0 Å². The van der Waals surface area contributed by atoms with E-state index in [1.165, 1.54) is 0 Å². The zero-order chi connectivity index (χ0) is 19.6. The van der Waals surface area contributed by atoms with Gasteiger partial charge in [-0.05, 0) is 48.4 Å². The minimum Gasteiger partial charge on any atom is -0.461 e. The fourth-order valence-electron chi connectivity index (χ4n) is 3.80. The van der Waals surface area contributed by atoms with Crippen LogP contribution in [0.1, 0.15) is 76.7 Å². The lowest BCUT2D eigenvalue weighted by atomic mass is 9.81. The van der Waals surface area contributed by atoms with Crippen LogP contribution in [-0.2, 0) is 11.2 Å². The maximum absolute atomic E-state index is 12.8. The third-order valence-corrected chi connectivity index (χ3v) is 5.89. The van der Waals surface area contributed by atoms with E-state index in [0.29, 0.717) is 47.2 Å². The summed E-state index contributed by atoms with van der Waals surface area (Å²) in [5.74, 6) is 0.164. The Morgan fingerprint density at radius 1 is 1.22 bits per heavy atom. The molecule has 27 heavy (non-hydrogen) atoms. The number of nitrogens with one attached hydrogen (secondary N) is 1. The Morgan fingerprint density at radius 2 is 1.89 bits per heavy atom. The molecule has 0 saturated carbocycles. The Hall–Kier alpha value is -2.07. The van der Waals surface area contributed by atoms with E-state index in [1.54, 1.807) is 0 Å². The van der Waals surface area contributed by atoms with Gasteiger partial charge in [0.05, 0.1) is 6.61 Å². The Morgan fingerprint density at radius 3 is 2.52 bits per heavy atom. The molecule has 0 bridgehead atoms. The average molecular weight is 388 g/mol. The fourth-order valence-corrected chi connectivity index (χ4v) is 3.92. The smallest absolute Gasteiger partial charge is 0.355 e. The number of hydrogen-bond acceptors (Lipinski definition) is 3. The Labute approximate surface area is 165 Å². The lowest BCUT2D eigenvalue weighted by molar-refractivity contribution is 0.0426. The van der Waals surface area contributed by atoms with Crippen LogP contribution in [-0.4, -0.2) is 23.3 Å². The standard InChI is InChI=1S/C22H26ClNO3/c1-4-14(5-2)12-27-22(26)21-13(3)20-18(24-21)10-16(11-19(20)25)15-6-8-17(23)9-7-15/h6-9,14,16,24H,4-5,10-12H2,1-3H3. The molecular weight excluding hydrogens is 362 g/mol. The number of esters is 1. The highest BCUT2D eigenvalue weighted by Crippen LogP contribution is 2.35. The molecule has 1 aromatic carbocycles. The van der Waals surface area contributed by atoms with Gasteiger partial charge in [0, 0.05) is 22.7 Å². The molecule has 2 aromatic rings. The molecule has 1 atom stereocenters. The van der Waals surface area contributed by atoms with E-state index in [4.69, 9.17) is 16.3 Å². The van der Waals surface area contributed by atoms with Gasteiger partial charge in [0.15, 0.2) is 5.78 Å². The molecular formula is C22H26ClNO3. The molecule has 1 heterocycles. The molecule has 3 rings (SSSR count). The highest BCUT2D eigenvalue weighted by molar-refractivity contribution is 6.30. The van der Waals surface area contributed by atoms with Crippen LogP contribution in [0, 0.1) is 12.8 Å². The number of rotatable bonds is 6. The molecule has 0 radical (unpaired) electrons. The number of carbonyl (C=O) groups excluding carboxylic acids is 2. The van der Waals surface area contributed by atoms with Crippen LogP contribution in [0.25, 0.3) is 0 Å². The monoisotopic (exact) mass is 387 g/mol. The number of aromatic nitrogens is 1. The summed E-state index contributed by atoms with van der Waals surface area (Å²) in [7, 11) is 0. The average Bonchev–Trinajstić information content (AvgIpc) is 3.00. The summed E-state index contributed by atoms with van der Waals surface area (Å²) in [4.78, 5) is 28.5. The van der Waals surface area contributed by atoms with Gasteiger partial charge in [-0.3, -0.25) is 4.79 Å². The summed E-state index contributed by atoms with van der Waals surface area (Å²) < 4.78 is 5.49. The maximum atomic E-state index is 12.8. The molecule has 1 aliphatic rings. The third-order valence-electron chi connectivity index (χ3n) is 5.64. The van der Waals surface area contributed by atoms with Crippen LogP contribution in [0.2, 0.25) is 5.02 Å². The van der Waals surface area contributed by atoms with Gasteiger partial charge in [-0.25, -0.2) is 4.79 Å². The SMILES string of the molecule is CCC(CC)COC(=O)c1[nH]c2c(c1C)C(=O)CC(c1ccc(Cl)cc1)C2. The number of H-pyrrole nitrogens is 1. The van der Waals surface area contributed by atoms with Crippen LogP contribution in [0.5, 0.6) is 0 Å². The van der Waals surface area contributed by atoms with E-state index < -0.39 is 0 Å². The van der Waals surface area contributed by atoms with Gasteiger partial charge in [0.2, 0.25) is 0 Å². The molecule has 0 saturated heterocycles. The van der Waals surface area contributed by atoms with Gasteiger partial charge in [-0.15, -0.1) is 0 Å². The van der Waals surface area contributed by atoms with E-state index in [1.807, 2.05) is 31.2 Å². The number of Topliss-reactive ketones (excluding diaryl/α,β-unsaturated/α-hetero) is 1. The minimum absolute atomic E-state index is 0.0731. The number of hydrogen-bond donors (Lipinski definition) is 1. The van der Waals surface area contributed by atoms with Gasteiger partial charge in [-0.2, -0.15) is 0 Å². The number of halogens is 1. The van der Waals surface area contributed by atoms with E-state index in [9.17, 15) is 9.59 Å². The number of carbonyl (C=O) groups is 2. The van der Waals surface area contributed by atoms with Crippen molar-refractivity contribution in [2.24, 2.45) is 5.92 Å². The second kappa shape index (κ2) is 8.30. The number of benzene rings is 1. The van der Waals surface area contributed by atoms with Crippen molar-refractivity contribution in [1.29, 1.82) is 0 Å². The van der Waals surface area contributed by atoms with Crippen LogP contribution in [0.3, 0.4) is 0 Å². The van der Waals surface area contributed by atoms with Crippen molar-refractivity contribution in [3.05, 3.63) is 57.4 Å².